The molecule has 3 rings (SSSR count). The SMILES string of the molecule is CCN(CC)C(CNC(=O)C1CC2CCCC(C1)C2N)c1ccccc1. The molecule has 4 nitrogen and oxygen atoms in total. The molecule has 0 spiro atoms. The lowest BCUT2D eigenvalue weighted by Gasteiger charge is -2.43. The summed E-state index contributed by atoms with van der Waals surface area (Å²) in [6, 6.07) is 11.1. The topological polar surface area (TPSA) is 58.4 Å². The van der Waals surface area contributed by atoms with E-state index in [0.717, 1.165) is 25.9 Å². The zero-order valence-corrected chi connectivity index (χ0v) is 16.4. The zero-order chi connectivity index (χ0) is 18.5. The van der Waals surface area contributed by atoms with Crippen molar-refractivity contribution in [3.63, 3.8) is 0 Å². The van der Waals surface area contributed by atoms with Crippen molar-refractivity contribution in [3.05, 3.63) is 35.9 Å². The second-order valence-electron chi connectivity index (χ2n) is 8.09. The minimum atomic E-state index is 0.151. The Balaban J connectivity index is 1.62. The summed E-state index contributed by atoms with van der Waals surface area (Å²) >= 11 is 0. The fourth-order valence-electron chi connectivity index (χ4n) is 5.14. The minimum absolute atomic E-state index is 0.151. The number of hydrogen-bond acceptors (Lipinski definition) is 3. The van der Waals surface area contributed by atoms with E-state index in [9.17, 15) is 4.79 Å². The van der Waals surface area contributed by atoms with Crippen LogP contribution in [-0.2, 0) is 4.79 Å². The maximum absolute atomic E-state index is 12.9. The highest BCUT2D eigenvalue weighted by molar-refractivity contribution is 5.78. The third-order valence-corrected chi connectivity index (χ3v) is 6.69. The first-order valence-corrected chi connectivity index (χ1v) is 10.5. The van der Waals surface area contributed by atoms with Gasteiger partial charge < -0.3 is 11.1 Å². The summed E-state index contributed by atoms with van der Waals surface area (Å²) in [6.45, 7) is 7.01. The molecule has 0 heterocycles. The lowest BCUT2D eigenvalue weighted by molar-refractivity contribution is -0.128. The van der Waals surface area contributed by atoms with Crippen LogP contribution in [0.1, 0.15) is 57.6 Å². The standard InChI is InChI=1S/C22H35N3O/c1-3-25(4-2)20(16-9-6-5-7-10-16)15-24-22(26)19-13-17-11-8-12-18(14-19)21(17)23/h5-7,9-10,17-21H,3-4,8,11-15,23H2,1-2H3,(H,24,26). The molecule has 144 valence electrons. The smallest absolute Gasteiger partial charge is 0.223 e. The average molecular weight is 358 g/mol. The predicted octanol–water partition coefficient (Wildman–Crippen LogP) is 3.34. The number of hydrogen-bond donors (Lipinski definition) is 2. The lowest BCUT2D eigenvalue weighted by Crippen LogP contribution is -2.49. The van der Waals surface area contributed by atoms with Crippen molar-refractivity contribution in [2.75, 3.05) is 19.6 Å². The summed E-state index contributed by atoms with van der Waals surface area (Å²) < 4.78 is 0. The van der Waals surface area contributed by atoms with Gasteiger partial charge in [-0.1, -0.05) is 50.6 Å². The van der Waals surface area contributed by atoms with Gasteiger partial charge in [0.2, 0.25) is 5.91 Å². The maximum atomic E-state index is 12.9. The van der Waals surface area contributed by atoms with Gasteiger partial charge in [-0.15, -0.1) is 0 Å². The van der Waals surface area contributed by atoms with Gasteiger partial charge in [0.05, 0.1) is 6.04 Å². The third-order valence-electron chi connectivity index (χ3n) is 6.69. The second kappa shape index (κ2) is 9.01. The molecule has 0 aliphatic heterocycles. The molecule has 3 unspecified atom stereocenters. The molecule has 1 amide bonds. The molecule has 3 N–H and O–H groups in total. The van der Waals surface area contributed by atoms with Crippen LogP contribution >= 0.6 is 0 Å². The summed E-state index contributed by atoms with van der Waals surface area (Å²) in [5, 5.41) is 3.28. The number of carbonyl (C=O) groups is 1. The molecule has 26 heavy (non-hydrogen) atoms. The summed E-state index contributed by atoms with van der Waals surface area (Å²) in [5.74, 6) is 1.48. The molecule has 2 saturated carbocycles. The molecule has 4 heteroatoms. The molecule has 0 saturated heterocycles. The Morgan fingerprint density at radius 2 is 1.77 bits per heavy atom. The van der Waals surface area contributed by atoms with Gasteiger partial charge >= 0.3 is 0 Å². The number of nitrogens with two attached hydrogens (primary N) is 1. The number of carbonyl (C=O) groups excluding carboxylic acids is 1. The third kappa shape index (κ3) is 4.29. The first-order chi connectivity index (χ1) is 12.6. The van der Waals surface area contributed by atoms with Crippen LogP contribution in [0, 0.1) is 17.8 Å². The molecular weight excluding hydrogens is 322 g/mol. The highest BCUT2D eigenvalue weighted by Gasteiger charge is 2.40. The normalized spacial score (nSPS) is 29.4. The van der Waals surface area contributed by atoms with Gasteiger partial charge in [-0.3, -0.25) is 9.69 Å². The first-order valence-electron chi connectivity index (χ1n) is 10.5. The van der Waals surface area contributed by atoms with Gasteiger partial charge in [-0.25, -0.2) is 0 Å². The summed E-state index contributed by atoms with van der Waals surface area (Å²) in [4.78, 5) is 15.3. The minimum Gasteiger partial charge on any atom is -0.354 e. The first kappa shape index (κ1) is 19.4. The van der Waals surface area contributed by atoms with Gasteiger partial charge in [0, 0.05) is 18.5 Å². The fraction of sp³-hybridized carbons (Fsp3) is 0.682. The van der Waals surface area contributed by atoms with Crippen molar-refractivity contribution < 1.29 is 4.79 Å². The van der Waals surface area contributed by atoms with Crippen molar-refractivity contribution in [1.82, 2.24) is 10.2 Å². The Hall–Kier alpha value is -1.39. The molecule has 2 aliphatic rings. The summed E-state index contributed by atoms with van der Waals surface area (Å²) in [7, 11) is 0. The van der Waals surface area contributed by atoms with E-state index >= 15 is 0 Å². The second-order valence-corrected chi connectivity index (χ2v) is 8.09. The van der Waals surface area contributed by atoms with E-state index in [1.54, 1.807) is 0 Å². The molecule has 2 bridgehead atoms. The van der Waals surface area contributed by atoms with E-state index in [1.807, 2.05) is 6.07 Å². The fourth-order valence-corrected chi connectivity index (χ4v) is 5.14. The van der Waals surface area contributed by atoms with Gasteiger partial charge in [-0.2, -0.15) is 0 Å². The van der Waals surface area contributed by atoms with Gasteiger partial charge in [-0.05, 0) is 56.2 Å². The van der Waals surface area contributed by atoms with Crippen molar-refractivity contribution in [1.29, 1.82) is 0 Å². The van der Waals surface area contributed by atoms with Crippen LogP contribution in [-0.4, -0.2) is 36.5 Å². The van der Waals surface area contributed by atoms with Gasteiger partial charge in [0.25, 0.3) is 0 Å². The molecular formula is C22H35N3O. The largest absolute Gasteiger partial charge is 0.354 e. The Labute approximate surface area is 158 Å². The van der Waals surface area contributed by atoms with E-state index in [-0.39, 0.29) is 17.9 Å². The zero-order valence-electron chi connectivity index (χ0n) is 16.4. The number of amides is 1. The highest BCUT2D eigenvalue weighted by atomic mass is 16.1. The van der Waals surface area contributed by atoms with Crippen LogP contribution in [0.4, 0.5) is 0 Å². The molecule has 1 aromatic rings. The van der Waals surface area contributed by atoms with Crippen LogP contribution in [0.25, 0.3) is 0 Å². The molecule has 2 aliphatic carbocycles. The van der Waals surface area contributed by atoms with E-state index in [4.69, 9.17) is 5.73 Å². The number of benzene rings is 1. The molecule has 3 atom stereocenters. The van der Waals surface area contributed by atoms with E-state index < -0.39 is 0 Å². The van der Waals surface area contributed by atoms with Crippen molar-refractivity contribution in [3.8, 4) is 0 Å². The highest BCUT2D eigenvalue weighted by Crippen LogP contribution is 2.41. The van der Waals surface area contributed by atoms with Crippen LogP contribution in [0.15, 0.2) is 30.3 Å². The quantitative estimate of drug-likeness (QED) is 0.787. The van der Waals surface area contributed by atoms with Crippen molar-refractivity contribution in [2.24, 2.45) is 23.5 Å². The van der Waals surface area contributed by atoms with E-state index in [1.165, 1.54) is 24.8 Å². The predicted molar refractivity (Wildman–Crippen MR) is 107 cm³/mol. The molecule has 1 aromatic carbocycles. The van der Waals surface area contributed by atoms with Crippen LogP contribution in [0.2, 0.25) is 0 Å². The summed E-state index contributed by atoms with van der Waals surface area (Å²) in [5.41, 5.74) is 7.66. The average Bonchev–Trinajstić information content (AvgIpc) is 2.65. The van der Waals surface area contributed by atoms with Crippen LogP contribution in [0.3, 0.4) is 0 Å². The van der Waals surface area contributed by atoms with Crippen LogP contribution in [0.5, 0.6) is 0 Å². The monoisotopic (exact) mass is 357 g/mol. The number of rotatable bonds is 7. The van der Waals surface area contributed by atoms with E-state index in [0.29, 0.717) is 24.4 Å². The Kier molecular flexibility index (Phi) is 6.71. The number of nitrogens with one attached hydrogen (secondary N) is 1. The number of likely N-dealkylation sites (N-methyl/N-ethyl adjacent to an activating group) is 1. The number of fused-ring (bicyclic) bond motifs is 2. The molecule has 0 aromatic heterocycles. The number of nitrogens with zero attached hydrogens (tertiary/aromatic N) is 1. The molecule has 2 fully saturated rings. The van der Waals surface area contributed by atoms with Gasteiger partial charge in [0.1, 0.15) is 0 Å². The van der Waals surface area contributed by atoms with Crippen molar-refractivity contribution in [2.45, 2.75) is 58.0 Å². The molecule has 0 radical (unpaired) electrons. The lowest BCUT2D eigenvalue weighted by atomic mass is 9.65. The van der Waals surface area contributed by atoms with E-state index in [2.05, 4.69) is 48.3 Å². The Bertz CT molecular complexity index is 558. The Morgan fingerprint density at radius 1 is 1.15 bits per heavy atom. The van der Waals surface area contributed by atoms with Crippen molar-refractivity contribution >= 4 is 5.91 Å². The summed E-state index contributed by atoms with van der Waals surface area (Å²) in [6.07, 6.45) is 5.64. The maximum Gasteiger partial charge on any atom is 0.223 e. The Morgan fingerprint density at radius 3 is 2.35 bits per heavy atom. The van der Waals surface area contributed by atoms with Gasteiger partial charge in [0.15, 0.2) is 0 Å². The van der Waals surface area contributed by atoms with Crippen LogP contribution < -0.4 is 11.1 Å².